The second kappa shape index (κ2) is 6.98. The zero-order chi connectivity index (χ0) is 13.5. The number of aliphatic hydroxyl groups is 1. The van der Waals surface area contributed by atoms with E-state index in [4.69, 9.17) is 5.73 Å². The summed E-state index contributed by atoms with van der Waals surface area (Å²) in [6.07, 6.45) is -0.167. The number of hydrogen-bond donors (Lipinski definition) is 3. The summed E-state index contributed by atoms with van der Waals surface area (Å²) in [6.45, 7) is 1.08. The van der Waals surface area contributed by atoms with Gasteiger partial charge in [-0.25, -0.2) is 0 Å². The number of likely N-dealkylation sites (N-methyl/N-ethyl adjacent to an activating group) is 1. The summed E-state index contributed by atoms with van der Waals surface area (Å²) in [4.78, 5) is 13.0. The van der Waals surface area contributed by atoms with Crippen molar-refractivity contribution in [3.8, 4) is 0 Å². The molecule has 4 N–H and O–H groups in total. The monoisotopic (exact) mass is 251 g/mol. The summed E-state index contributed by atoms with van der Waals surface area (Å²) in [5.74, 6) is 0.000273. The fraction of sp³-hybridized carbons (Fsp3) is 0.462. The van der Waals surface area contributed by atoms with Gasteiger partial charge in [0, 0.05) is 32.2 Å². The molecular weight excluding hydrogens is 230 g/mol. The zero-order valence-corrected chi connectivity index (χ0v) is 10.9. The molecule has 0 aliphatic rings. The van der Waals surface area contributed by atoms with Crippen molar-refractivity contribution in [1.82, 2.24) is 10.2 Å². The highest BCUT2D eigenvalue weighted by atomic mass is 16.3. The molecule has 0 aliphatic heterocycles. The molecule has 0 aliphatic carbocycles. The van der Waals surface area contributed by atoms with Crippen LogP contribution in [0.1, 0.15) is 18.1 Å². The van der Waals surface area contributed by atoms with Crippen molar-refractivity contribution in [3.05, 3.63) is 29.8 Å². The van der Waals surface area contributed by atoms with Gasteiger partial charge in [0.1, 0.15) is 0 Å². The summed E-state index contributed by atoms with van der Waals surface area (Å²) < 4.78 is 0. The molecule has 1 unspecified atom stereocenters. The molecule has 5 heteroatoms. The molecule has 1 aromatic rings. The molecule has 0 saturated heterocycles. The number of anilines is 1. The fourth-order valence-corrected chi connectivity index (χ4v) is 1.68. The first kappa shape index (κ1) is 14.5. The molecular formula is C13H21N3O2. The van der Waals surface area contributed by atoms with E-state index in [1.54, 1.807) is 19.2 Å². The molecule has 0 spiro atoms. The highest BCUT2D eigenvalue weighted by Crippen LogP contribution is 2.16. The van der Waals surface area contributed by atoms with Crippen LogP contribution in [0.4, 0.5) is 5.69 Å². The molecule has 1 amide bonds. The maximum atomic E-state index is 11.1. The fourth-order valence-electron chi connectivity index (χ4n) is 1.68. The topological polar surface area (TPSA) is 78.6 Å². The third-order valence-corrected chi connectivity index (χ3v) is 2.78. The summed E-state index contributed by atoms with van der Waals surface area (Å²) >= 11 is 0. The van der Waals surface area contributed by atoms with Crippen molar-refractivity contribution in [1.29, 1.82) is 0 Å². The van der Waals surface area contributed by atoms with Crippen LogP contribution in [0.25, 0.3) is 0 Å². The Bertz CT molecular complexity index is 396. The lowest BCUT2D eigenvalue weighted by Gasteiger charge is -2.20. The van der Waals surface area contributed by atoms with Gasteiger partial charge in [-0.05, 0) is 24.7 Å². The van der Waals surface area contributed by atoms with Gasteiger partial charge in [0.05, 0.1) is 6.10 Å². The summed E-state index contributed by atoms with van der Waals surface area (Å²) in [6, 6.07) is 7.20. The third kappa shape index (κ3) is 4.73. The molecule has 0 bridgehead atoms. The van der Waals surface area contributed by atoms with Crippen LogP contribution in [-0.4, -0.2) is 43.1 Å². The van der Waals surface area contributed by atoms with E-state index >= 15 is 0 Å². The molecule has 0 radical (unpaired) electrons. The predicted octanol–water partition coefficient (Wildman–Crippen LogP) is 0.370. The molecule has 1 aromatic carbocycles. The van der Waals surface area contributed by atoms with Crippen LogP contribution < -0.4 is 11.1 Å². The van der Waals surface area contributed by atoms with Crippen molar-refractivity contribution >= 4 is 11.6 Å². The van der Waals surface area contributed by atoms with Crippen molar-refractivity contribution < 1.29 is 9.90 Å². The minimum atomic E-state index is -0.594. The second-order valence-corrected chi connectivity index (χ2v) is 4.37. The Labute approximate surface area is 108 Å². The number of nitrogens with one attached hydrogen (secondary N) is 1. The van der Waals surface area contributed by atoms with Gasteiger partial charge in [-0.2, -0.15) is 0 Å². The molecule has 18 heavy (non-hydrogen) atoms. The number of nitrogens with zero attached hydrogens (tertiary/aromatic N) is 1. The molecule has 0 heterocycles. The zero-order valence-electron chi connectivity index (χ0n) is 10.9. The normalized spacial score (nSPS) is 12.4. The Hall–Kier alpha value is -1.59. The Kier molecular flexibility index (Phi) is 5.61. The van der Waals surface area contributed by atoms with Crippen molar-refractivity contribution in [3.63, 3.8) is 0 Å². The average Bonchev–Trinajstić information content (AvgIpc) is 2.35. The first-order valence-electron chi connectivity index (χ1n) is 5.95. The van der Waals surface area contributed by atoms with E-state index in [-0.39, 0.29) is 5.91 Å². The highest BCUT2D eigenvalue weighted by molar-refractivity contribution is 5.75. The van der Waals surface area contributed by atoms with E-state index in [1.807, 2.05) is 24.1 Å². The largest absolute Gasteiger partial charge is 0.399 e. The van der Waals surface area contributed by atoms with Crippen molar-refractivity contribution in [2.24, 2.45) is 0 Å². The SMILES string of the molecule is CNC(=O)CCN(C)CC(O)c1cccc(N)c1. The number of aliphatic hydroxyl groups excluding tert-OH is 1. The average molecular weight is 251 g/mol. The highest BCUT2D eigenvalue weighted by Gasteiger charge is 2.11. The van der Waals surface area contributed by atoms with E-state index in [0.29, 0.717) is 25.2 Å². The van der Waals surface area contributed by atoms with Gasteiger partial charge in [0.15, 0.2) is 0 Å². The molecule has 0 aromatic heterocycles. The van der Waals surface area contributed by atoms with Gasteiger partial charge < -0.3 is 21.1 Å². The van der Waals surface area contributed by atoms with Gasteiger partial charge in [-0.1, -0.05) is 12.1 Å². The summed E-state index contributed by atoms with van der Waals surface area (Å²) in [5, 5.41) is 12.6. The number of benzene rings is 1. The molecule has 0 fully saturated rings. The first-order valence-corrected chi connectivity index (χ1v) is 5.95. The number of amides is 1. The van der Waals surface area contributed by atoms with Gasteiger partial charge in [-0.15, -0.1) is 0 Å². The summed E-state index contributed by atoms with van der Waals surface area (Å²) in [7, 11) is 3.49. The maximum absolute atomic E-state index is 11.1. The van der Waals surface area contributed by atoms with Crippen LogP contribution in [0.2, 0.25) is 0 Å². The third-order valence-electron chi connectivity index (χ3n) is 2.78. The van der Waals surface area contributed by atoms with Crippen molar-refractivity contribution in [2.45, 2.75) is 12.5 Å². The van der Waals surface area contributed by atoms with Crippen LogP contribution >= 0.6 is 0 Å². The molecule has 0 saturated carbocycles. The number of nitrogens with two attached hydrogens (primary N) is 1. The first-order chi connectivity index (χ1) is 8.52. The smallest absolute Gasteiger partial charge is 0.221 e. The van der Waals surface area contributed by atoms with E-state index in [1.165, 1.54) is 0 Å². The number of hydrogen-bond acceptors (Lipinski definition) is 4. The Balaban J connectivity index is 2.44. The minimum absolute atomic E-state index is 0.000273. The van der Waals surface area contributed by atoms with Crippen LogP contribution in [0.15, 0.2) is 24.3 Å². The van der Waals surface area contributed by atoms with Gasteiger partial charge >= 0.3 is 0 Å². The molecule has 1 rings (SSSR count). The van der Waals surface area contributed by atoms with Crippen molar-refractivity contribution in [2.75, 3.05) is 32.9 Å². The van der Waals surface area contributed by atoms with Crippen LogP contribution in [-0.2, 0) is 4.79 Å². The van der Waals surface area contributed by atoms with E-state index in [2.05, 4.69) is 5.32 Å². The van der Waals surface area contributed by atoms with Gasteiger partial charge in [0.25, 0.3) is 0 Å². The number of carbonyl (C=O) groups excluding carboxylic acids is 1. The van der Waals surface area contributed by atoms with Crippen LogP contribution in [0.5, 0.6) is 0 Å². The van der Waals surface area contributed by atoms with Crippen LogP contribution in [0.3, 0.4) is 0 Å². The lowest BCUT2D eigenvalue weighted by molar-refractivity contribution is -0.120. The predicted molar refractivity (Wildman–Crippen MR) is 72.0 cm³/mol. The van der Waals surface area contributed by atoms with Gasteiger partial charge in [0.2, 0.25) is 5.91 Å². The number of rotatable bonds is 6. The van der Waals surface area contributed by atoms with Gasteiger partial charge in [-0.3, -0.25) is 4.79 Å². The van der Waals surface area contributed by atoms with E-state index in [0.717, 1.165) is 5.56 Å². The second-order valence-electron chi connectivity index (χ2n) is 4.37. The maximum Gasteiger partial charge on any atom is 0.221 e. The summed E-state index contributed by atoms with van der Waals surface area (Å²) in [5.41, 5.74) is 7.10. The van der Waals surface area contributed by atoms with E-state index in [9.17, 15) is 9.90 Å². The van der Waals surface area contributed by atoms with E-state index < -0.39 is 6.10 Å². The minimum Gasteiger partial charge on any atom is -0.399 e. The van der Waals surface area contributed by atoms with Crippen LogP contribution in [0, 0.1) is 0 Å². The number of nitrogen functional groups attached to an aromatic ring is 1. The quantitative estimate of drug-likeness (QED) is 0.638. The standard InChI is InChI=1S/C13H21N3O2/c1-15-13(18)6-7-16(2)9-12(17)10-4-3-5-11(14)8-10/h3-5,8,12,17H,6-7,9,14H2,1-2H3,(H,15,18). The number of carbonyl (C=O) groups is 1. The Morgan fingerprint density at radius 3 is 2.89 bits per heavy atom. The molecule has 100 valence electrons. The molecule has 1 atom stereocenters. The lowest BCUT2D eigenvalue weighted by atomic mass is 10.1. The Morgan fingerprint density at radius 1 is 1.56 bits per heavy atom. The lowest BCUT2D eigenvalue weighted by Crippen LogP contribution is -2.29. The molecule has 5 nitrogen and oxygen atoms in total. The Morgan fingerprint density at radius 2 is 2.28 bits per heavy atom.